The molecule has 8 nitrogen and oxygen atoms in total. The number of anilines is 2. The molecular weight excluding hydrogens is 414 g/mol. The molecule has 2 N–H and O–H groups in total. The third kappa shape index (κ3) is 3.66. The van der Waals surface area contributed by atoms with E-state index in [0.29, 0.717) is 17.9 Å². The Balaban J connectivity index is 1.38. The molecule has 1 aliphatic rings. The summed E-state index contributed by atoms with van der Waals surface area (Å²) in [7, 11) is 0. The van der Waals surface area contributed by atoms with Crippen LogP contribution in [0.3, 0.4) is 0 Å². The maximum atomic E-state index is 12.9. The average molecular weight is 429 g/mol. The van der Waals surface area contributed by atoms with Crippen LogP contribution in [0.5, 0.6) is 0 Å². The van der Waals surface area contributed by atoms with Crippen LogP contribution in [0.2, 0.25) is 0 Å². The number of benzene rings is 2. The third-order valence-corrected chi connectivity index (χ3v) is 5.90. The number of carboxylic acid groups (broad SMARTS) is 1. The number of hydrogen-bond donors (Lipinski definition) is 2. The minimum absolute atomic E-state index is 0.130. The van der Waals surface area contributed by atoms with E-state index >= 15 is 0 Å². The Hall–Kier alpha value is -3.98. The Morgan fingerprint density at radius 1 is 0.968 bits per heavy atom. The van der Waals surface area contributed by atoms with Crippen LogP contribution in [0.4, 0.5) is 11.5 Å². The number of carbonyl (C=O) groups excluding carboxylic acids is 1. The molecule has 2 aromatic heterocycles. The molecule has 9 heteroatoms. The van der Waals surface area contributed by atoms with Crippen LogP contribution in [0.25, 0.3) is 0 Å². The fraction of sp³-hybridized carbons (Fsp3) is 0.0455. The lowest BCUT2D eigenvalue weighted by atomic mass is 10.1. The van der Waals surface area contributed by atoms with Crippen LogP contribution in [-0.4, -0.2) is 36.4 Å². The highest BCUT2D eigenvalue weighted by Crippen LogP contribution is 2.42. The lowest BCUT2D eigenvalue weighted by molar-refractivity contribution is 0.0696. The highest BCUT2D eigenvalue weighted by Gasteiger charge is 2.19. The molecule has 0 saturated carbocycles. The zero-order valence-corrected chi connectivity index (χ0v) is 16.8. The van der Waals surface area contributed by atoms with Crippen LogP contribution in [-0.2, 0) is 6.54 Å². The first kappa shape index (κ1) is 19.0. The standard InChI is InChI=1S/C22H15N5O3S/c28-18(14-2-4-15(5-3-14)22(29)30)20-24-9-10-27(20)12-13-1-6-17-16(11-13)26-19-21(31-17)25-8-7-23-19/h1-11H,12H2,(H,23,26)(H,29,30). The van der Waals surface area contributed by atoms with E-state index in [4.69, 9.17) is 5.11 Å². The summed E-state index contributed by atoms with van der Waals surface area (Å²) in [5.74, 6) is -0.286. The van der Waals surface area contributed by atoms with Gasteiger partial charge in [-0.2, -0.15) is 0 Å². The molecule has 3 heterocycles. The van der Waals surface area contributed by atoms with Crippen LogP contribution >= 0.6 is 11.8 Å². The van der Waals surface area contributed by atoms with Crippen LogP contribution in [0.15, 0.2) is 77.2 Å². The number of carboxylic acids is 1. The zero-order valence-electron chi connectivity index (χ0n) is 16.0. The number of nitrogens with one attached hydrogen (secondary N) is 1. The van der Waals surface area contributed by atoms with Crippen molar-refractivity contribution >= 4 is 35.0 Å². The summed E-state index contributed by atoms with van der Waals surface area (Å²) in [5.41, 5.74) is 2.45. The summed E-state index contributed by atoms with van der Waals surface area (Å²) in [4.78, 5) is 37.9. The van der Waals surface area contributed by atoms with Gasteiger partial charge in [-0.1, -0.05) is 30.0 Å². The molecule has 1 aliphatic heterocycles. The molecule has 0 fully saturated rings. The van der Waals surface area contributed by atoms with E-state index in [2.05, 4.69) is 20.3 Å². The number of hydrogen-bond acceptors (Lipinski definition) is 7. The Bertz CT molecular complexity index is 1320. The summed E-state index contributed by atoms with van der Waals surface area (Å²) in [6.45, 7) is 0.460. The molecule has 0 radical (unpaired) electrons. The maximum absolute atomic E-state index is 12.9. The minimum atomic E-state index is -1.03. The molecule has 0 atom stereocenters. The molecule has 31 heavy (non-hydrogen) atoms. The molecule has 5 rings (SSSR count). The van der Waals surface area contributed by atoms with E-state index in [1.54, 1.807) is 41.1 Å². The fourth-order valence-electron chi connectivity index (χ4n) is 3.32. The average Bonchev–Trinajstić information content (AvgIpc) is 3.25. The second kappa shape index (κ2) is 7.69. The van der Waals surface area contributed by atoms with Gasteiger partial charge in [0.25, 0.3) is 0 Å². The first-order valence-corrected chi connectivity index (χ1v) is 10.2. The first-order valence-electron chi connectivity index (χ1n) is 9.36. The van der Waals surface area contributed by atoms with Gasteiger partial charge in [0.1, 0.15) is 5.03 Å². The number of aromatic nitrogens is 4. The number of carbonyl (C=O) groups is 2. The van der Waals surface area contributed by atoms with Crippen molar-refractivity contribution in [2.75, 3.05) is 5.32 Å². The van der Waals surface area contributed by atoms with Crippen molar-refractivity contribution in [3.63, 3.8) is 0 Å². The topological polar surface area (TPSA) is 110 Å². The SMILES string of the molecule is O=C(O)c1ccc(C(=O)c2nccn2Cc2ccc3c(c2)Nc2nccnc2S3)cc1. The van der Waals surface area contributed by atoms with E-state index < -0.39 is 5.97 Å². The molecule has 0 bridgehead atoms. The maximum Gasteiger partial charge on any atom is 0.335 e. The first-order chi connectivity index (χ1) is 15.1. The summed E-state index contributed by atoms with van der Waals surface area (Å²) in [5, 5.41) is 13.2. The lowest BCUT2D eigenvalue weighted by Crippen LogP contribution is -2.13. The van der Waals surface area contributed by atoms with Gasteiger partial charge >= 0.3 is 5.97 Å². The normalized spacial score (nSPS) is 11.9. The highest BCUT2D eigenvalue weighted by atomic mass is 32.2. The van der Waals surface area contributed by atoms with Crippen molar-refractivity contribution in [2.24, 2.45) is 0 Å². The summed E-state index contributed by atoms with van der Waals surface area (Å²) < 4.78 is 1.78. The van der Waals surface area contributed by atoms with Crippen molar-refractivity contribution < 1.29 is 14.7 Å². The number of imidazole rings is 1. The van der Waals surface area contributed by atoms with Gasteiger partial charge in [-0.05, 0) is 29.8 Å². The molecule has 0 aliphatic carbocycles. The number of aromatic carboxylic acids is 1. The second-order valence-electron chi connectivity index (χ2n) is 6.86. The Labute approximate surface area is 181 Å². The number of nitrogens with zero attached hydrogens (tertiary/aromatic N) is 4. The quantitative estimate of drug-likeness (QED) is 0.405. The van der Waals surface area contributed by atoms with Crippen molar-refractivity contribution in [1.29, 1.82) is 0 Å². The smallest absolute Gasteiger partial charge is 0.335 e. The number of rotatable bonds is 5. The van der Waals surface area contributed by atoms with Gasteiger partial charge in [0.15, 0.2) is 11.6 Å². The summed E-state index contributed by atoms with van der Waals surface area (Å²) in [6.07, 6.45) is 6.64. The van der Waals surface area contributed by atoms with Gasteiger partial charge in [-0.15, -0.1) is 0 Å². The van der Waals surface area contributed by atoms with Crippen LogP contribution < -0.4 is 5.32 Å². The monoisotopic (exact) mass is 429 g/mol. The zero-order chi connectivity index (χ0) is 21.4. The summed E-state index contributed by atoms with van der Waals surface area (Å²) >= 11 is 1.56. The van der Waals surface area contributed by atoms with Crippen LogP contribution in [0, 0.1) is 0 Å². The molecule has 2 aromatic carbocycles. The molecule has 0 amide bonds. The molecule has 0 saturated heterocycles. The fourth-order valence-corrected chi connectivity index (χ4v) is 4.19. The third-order valence-electron chi connectivity index (χ3n) is 4.83. The molecule has 0 unspecified atom stereocenters. The Morgan fingerprint density at radius 3 is 2.55 bits per heavy atom. The van der Waals surface area contributed by atoms with Gasteiger partial charge in [-0.25, -0.2) is 19.7 Å². The molecule has 4 aromatic rings. The number of fused-ring (bicyclic) bond motifs is 2. The predicted octanol–water partition coefficient (Wildman–Crippen LogP) is 3.86. The lowest BCUT2D eigenvalue weighted by Gasteiger charge is -2.19. The van der Waals surface area contributed by atoms with Gasteiger partial charge in [0, 0.05) is 41.8 Å². The van der Waals surface area contributed by atoms with E-state index in [-0.39, 0.29) is 11.3 Å². The van der Waals surface area contributed by atoms with E-state index in [9.17, 15) is 9.59 Å². The predicted molar refractivity (Wildman–Crippen MR) is 114 cm³/mol. The van der Waals surface area contributed by atoms with E-state index in [0.717, 1.165) is 27.0 Å². The minimum Gasteiger partial charge on any atom is -0.478 e. The van der Waals surface area contributed by atoms with Crippen LogP contribution in [0.1, 0.15) is 32.1 Å². The molecular formula is C22H15N5O3S. The van der Waals surface area contributed by atoms with E-state index in [1.165, 1.54) is 24.3 Å². The molecule has 0 spiro atoms. The summed E-state index contributed by atoms with van der Waals surface area (Å²) in [6, 6.07) is 11.9. The Kier molecular flexibility index (Phi) is 4.72. The van der Waals surface area contributed by atoms with Gasteiger partial charge in [0.05, 0.1) is 11.3 Å². The van der Waals surface area contributed by atoms with Crippen molar-refractivity contribution in [3.05, 3.63) is 89.8 Å². The van der Waals surface area contributed by atoms with Gasteiger partial charge < -0.3 is 15.0 Å². The van der Waals surface area contributed by atoms with Gasteiger partial charge in [-0.3, -0.25) is 4.79 Å². The van der Waals surface area contributed by atoms with Crippen molar-refractivity contribution in [2.45, 2.75) is 16.5 Å². The Morgan fingerprint density at radius 2 is 1.74 bits per heavy atom. The number of ketones is 1. The van der Waals surface area contributed by atoms with Crippen molar-refractivity contribution in [3.8, 4) is 0 Å². The van der Waals surface area contributed by atoms with Gasteiger partial charge in [0.2, 0.25) is 5.78 Å². The largest absolute Gasteiger partial charge is 0.478 e. The molecule has 152 valence electrons. The second-order valence-corrected chi connectivity index (χ2v) is 7.89. The van der Waals surface area contributed by atoms with Crippen molar-refractivity contribution in [1.82, 2.24) is 19.5 Å². The van der Waals surface area contributed by atoms with E-state index in [1.807, 2.05) is 18.2 Å². The highest BCUT2D eigenvalue weighted by molar-refractivity contribution is 7.99.